The maximum absolute atomic E-state index is 3.84. The van der Waals surface area contributed by atoms with E-state index in [1.54, 1.807) is 0 Å². The molecule has 2 aliphatic carbocycles. The molecule has 0 saturated carbocycles. The number of hydrogen-bond acceptors (Lipinski definition) is 2. The van der Waals surface area contributed by atoms with Crippen molar-refractivity contribution in [1.29, 1.82) is 0 Å². The highest BCUT2D eigenvalue weighted by Gasteiger charge is 2.19. The SMILES string of the molecule is C=CCCC=CN(c1ccccc1)c1ccc(N(c2ccc(C3=CCCC=C3)cc2)C2C=CC=CC2)cc1. The summed E-state index contributed by atoms with van der Waals surface area (Å²) < 4.78 is 0. The number of anilines is 4. The first-order valence-corrected chi connectivity index (χ1v) is 13.6. The van der Waals surface area contributed by atoms with Crippen LogP contribution in [0.15, 0.2) is 146 Å². The normalized spacial score (nSPS) is 16.4. The fourth-order valence-electron chi connectivity index (χ4n) is 5.01. The Morgan fingerprint density at radius 3 is 2.11 bits per heavy atom. The van der Waals surface area contributed by atoms with E-state index in [0.717, 1.165) is 43.5 Å². The van der Waals surface area contributed by atoms with Crippen LogP contribution in [-0.4, -0.2) is 6.04 Å². The van der Waals surface area contributed by atoms with Gasteiger partial charge in [-0.15, -0.1) is 6.58 Å². The highest BCUT2D eigenvalue weighted by Crippen LogP contribution is 2.35. The minimum absolute atomic E-state index is 0.273. The van der Waals surface area contributed by atoms with E-state index in [1.807, 2.05) is 6.08 Å². The molecule has 0 bridgehead atoms. The molecule has 0 spiro atoms. The molecule has 2 aliphatic rings. The van der Waals surface area contributed by atoms with Crippen LogP contribution in [0.25, 0.3) is 5.57 Å². The fourth-order valence-corrected chi connectivity index (χ4v) is 5.01. The van der Waals surface area contributed by atoms with Crippen molar-refractivity contribution in [2.75, 3.05) is 9.80 Å². The Kier molecular flexibility index (Phi) is 8.53. The first kappa shape index (κ1) is 25.4. The van der Waals surface area contributed by atoms with Gasteiger partial charge >= 0.3 is 0 Å². The zero-order valence-electron chi connectivity index (χ0n) is 22.0. The van der Waals surface area contributed by atoms with Crippen LogP contribution in [0.4, 0.5) is 22.7 Å². The predicted octanol–water partition coefficient (Wildman–Crippen LogP) is 10.1. The van der Waals surface area contributed by atoms with Crippen molar-refractivity contribution in [2.24, 2.45) is 0 Å². The van der Waals surface area contributed by atoms with E-state index in [0.29, 0.717) is 0 Å². The lowest BCUT2D eigenvalue weighted by Crippen LogP contribution is -2.29. The molecular formula is C36H36N2. The Labute approximate surface area is 227 Å². The molecule has 1 atom stereocenters. The van der Waals surface area contributed by atoms with Gasteiger partial charge < -0.3 is 9.80 Å². The van der Waals surface area contributed by atoms with Crippen molar-refractivity contribution >= 4 is 28.3 Å². The number of benzene rings is 3. The number of nitrogens with zero attached hydrogens (tertiary/aromatic N) is 2. The van der Waals surface area contributed by atoms with Crippen LogP contribution in [0.3, 0.4) is 0 Å². The molecule has 190 valence electrons. The van der Waals surface area contributed by atoms with Crippen LogP contribution in [0.5, 0.6) is 0 Å². The minimum atomic E-state index is 0.273. The average Bonchev–Trinajstić information content (AvgIpc) is 3.00. The molecule has 2 heteroatoms. The molecule has 38 heavy (non-hydrogen) atoms. The van der Waals surface area contributed by atoms with Crippen molar-refractivity contribution in [3.63, 3.8) is 0 Å². The van der Waals surface area contributed by atoms with E-state index in [1.165, 1.54) is 22.5 Å². The van der Waals surface area contributed by atoms with Gasteiger partial charge in [0.15, 0.2) is 0 Å². The summed E-state index contributed by atoms with van der Waals surface area (Å²) in [5, 5.41) is 0. The summed E-state index contributed by atoms with van der Waals surface area (Å²) in [6, 6.07) is 28.8. The summed E-state index contributed by atoms with van der Waals surface area (Å²) >= 11 is 0. The van der Waals surface area contributed by atoms with Crippen molar-refractivity contribution in [3.05, 3.63) is 152 Å². The third kappa shape index (κ3) is 6.15. The lowest BCUT2D eigenvalue weighted by Gasteiger charge is -2.33. The van der Waals surface area contributed by atoms with Gasteiger partial charge in [-0.25, -0.2) is 0 Å². The summed E-state index contributed by atoms with van der Waals surface area (Å²) in [7, 11) is 0. The van der Waals surface area contributed by atoms with Gasteiger partial charge in [-0.05, 0) is 91.8 Å². The van der Waals surface area contributed by atoms with E-state index in [4.69, 9.17) is 0 Å². The number of unbranched alkanes of at least 4 members (excludes halogenated alkanes) is 1. The third-order valence-electron chi connectivity index (χ3n) is 7.00. The maximum atomic E-state index is 3.84. The Morgan fingerprint density at radius 1 is 0.737 bits per heavy atom. The largest absolute Gasteiger partial charge is 0.334 e. The standard InChI is InChI=1S/C36H36N2/c1-2-3-4-14-29-37(32-17-10-6-11-18-32)33-25-27-36(28-26-33)38(34-19-12-7-13-20-34)35-23-21-31(22-24-35)30-15-8-5-9-16-30/h2,6-8,10-19,21-29,34H,1,3-5,9,20H2. The second-order valence-electron chi connectivity index (χ2n) is 9.64. The molecule has 0 heterocycles. The van der Waals surface area contributed by atoms with Gasteiger partial charge in [0.2, 0.25) is 0 Å². The third-order valence-corrected chi connectivity index (χ3v) is 7.00. The number of hydrogen-bond donors (Lipinski definition) is 0. The molecule has 0 radical (unpaired) electrons. The highest BCUT2D eigenvalue weighted by atomic mass is 15.2. The second-order valence-corrected chi connectivity index (χ2v) is 9.64. The molecule has 0 saturated heterocycles. The molecular weight excluding hydrogens is 460 g/mol. The zero-order valence-corrected chi connectivity index (χ0v) is 22.0. The van der Waals surface area contributed by atoms with Crippen molar-refractivity contribution < 1.29 is 0 Å². The first-order chi connectivity index (χ1) is 18.8. The van der Waals surface area contributed by atoms with Crippen molar-refractivity contribution in [3.8, 4) is 0 Å². The Bertz CT molecular complexity index is 1340. The molecule has 0 aromatic heterocycles. The number of rotatable bonds is 10. The van der Waals surface area contributed by atoms with Gasteiger partial charge in [-0.2, -0.15) is 0 Å². The zero-order chi connectivity index (χ0) is 26.0. The molecule has 0 aliphatic heterocycles. The van der Waals surface area contributed by atoms with Crippen molar-refractivity contribution in [1.82, 2.24) is 0 Å². The molecule has 5 rings (SSSR count). The number of allylic oxidation sites excluding steroid dienone is 8. The molecule has 0 N–H and O–H groups in total. The van der Waals surface area contributed by atoms with Gasteiger partial charge in [0, 0.05) is 28.9 Å². The smallest absolute Gasteiger partial charge is 0.0559 e. The maximum Gasteiger partial charge on any atom is 0.0559 e. The van der Waals surface area contributed by atoms with Crippen LogP contribution in [0, 0.1) is 0 Å². The van der Waals surface area contributed by atoms with Gasteiger partial charge in [0.25, 0.3) is 0 Å². The van der Waals surface area contributed by atoms with E-state index in [2.05, 4.69) is 150 Å². The van der Waals surface area contributed by atoms with E-state index in [-0.39, 0.29) is 6.04 Å². The minimum Gasteiger partial charge on any atom is -0.334 e. The highest BCUT2D eigenvalue weighted by molar-refractivity contribution is 5.77. The lowest BCUT2D eigenvalue weighted by molar-refractivity contribution is 0.785. The average molecular weight is 497 g/mol. The Morgan fingerprint density at radius 2 is 1.45 bits per heavy atom. The topological polar surface area (TPSA) is 6.48 Å². The van der Waals surface area contributed by atoms with Gasteiger partial charge in [-0.1, -0.05) is 85.0 Å². The van der Waals surface area contributed by atoms with Crippen LogP contribution >= 0.6 is 0 Å². The van der Waals surface area contributed by atoms with Crippen LogP contribution in [0.2, 0.25) is 0 Å². The second kappa shape index (κ2) is 12.8. The fraction of sp³-hybridized carbons (Fsp3) is 0.167. The molecule has 3 aromatic carbocycles. The van der Waals surface area contributed by atoms with Crippen LogP contribution in [0.1, 0.15) is 37.7 Å². The summed E-state index contributed by atoms with van der Waals surface area (Å²) in [4.78, 5) is 4.70. The molecule has 0 fully saturated rings. The Hall–Kier alpha value is -4.30. The first-order valence-electron chi connectivity index (χ1n) is 13.6. The lowest BCUT2D eigenvalue weighted by atomic mass is 9.98. The van der Waals surface area contributed by atoms with Crippen molar-refractivity contribution in [2.45, 2.75) is 38.1 Å². The summed E-state index contributed by atoms with van der Waals surface area (Å²) in [5.74, 6) is 0. The Balaban J connectivity index is 1.45. The monoisotopic (exact) mass is 496 g/mol. The van der Waals surface area contributed by atoms with E-state index < -0.39 is 0 Å². The van der Waals surface area contributed by atoms with E-state index >= 15 is 0 Å². The molecule has 3 aromatic rings. The van der Waals surface area contributed by atoms with Crippen LogP contribution < -0.4 is 9.80 Å². The van der Waals surface area contributed by atoms with Gasteiger partial charge in [-0.3, -0.25) is 0 Å². The number of para-hydroxylation sites is 1. The molecule has 2 nitrogen and oxygen atoms in total. The van der Waals surface area contributed by atoms with Gasteiger partial charge in [0.1, 0.15) is 0 Å². The van der Waals surface area contributed by atoms with Gasteiger partial charge in [0.05, 0.1) is 6.04 Å². The quantitative estimate of drug-likeness (QED) is 0.203. The summed E-state index contributed by atoms with van der Waals surface area (Å²) in [6.45, 7) is 3.84. The molecule has 0 amide bonds. The summed E-state index contributed by atoms with van der Waals surface area (Å²) in [6.07, 6.45) is 27.2. The predicted molar refractivity (Wildman–Crippen MR) is 165 cm³/mol. The molecule has 1 unspecified atom stereocenters. The van der Waals surface area contributed by atoms with E-state index in [9.17, 15) is 0 Å². The summed E-state index contributed by atoms with van der Waals surface area (Å²) in [5.41, 5.74) is 7.28. The van der Waals surface area contributed by atoms with Crippen LogP contribution in [-0.2, 0) is 0 Å².